The van der Waals surface area contributed by atoms with Crippen molar-refractivity contribution in [3.05, 3.63) is 124 Å². The van der Waals surface area contributed by atoms with Crippen LogP contribution in [0.15, 0.2) is 101 Å². The fourth-order valence-electron chi connectivity index (χ4n) is 10.3. The van der Waals surface area contributed by atoms with E-state index in [0.29, 0.717) is 90.9 Å². The van der Waals surface area contributed by atoms with Crippen LogP contribution in [0.4, 0.5) is 28.4 Å². The number of aliphatic imine (C=N–C) groups is 2. The number of amides is 2. The second-order valence-electron chi connectivity index (χ2n) is 19.9. The van der Waals surface area contributed by atoms with Crippen molar-refractivity contribution in [2.24, 2.45) is 15.9 Å². The summed E-state index contributed by atoms with van der Waals surface area (Å²) in [5, 5.41) is 0. The number of methoxy groups -OCH3 is 4. The topological polar surface area (TPSA) is 150 Å². The van der Waals surface area contributed by atoms with E-state index in [4.69, 9.17) is 43.1 Å². The number of nitrogens with zero attached hydrogens (tertiary/aromatic N) is 5. The third-order valence-electron chi connectivity index (χ3n) is 14.7. The Morgan fingerprint density at radius 3 is 1.73 bits per heavy atom. The number of rotatable bonds is 22. The zero-order chi connectivity index (χ0) is 52.1. The van der Waals surface area contributed by atoms with Crippen molar-refractivity contribution in [2.75, 3.05) is 62.8 Å². The molecular formula is C59H67N5O10. The van der Waals surface area contributed by atoms with E-state index in [-0.39, 0.29) is 61.5 Å². The summed E-state index contributed by atoms with van der Waals surface area (Å²) in [6.07, 6.45) is 7.51. The lowest BCUT2D eigenvalue weighted by Crippen LogP contribution is -2.37. The number of benzene rings is 5. The Hall–Kier alpha value is -7.23. The van der Waals surface area contributed by atoms with Gasteiger partial charge in [0.25, 0.3) is 11.8 Å². The first-order chi connectivity index (χ1) is 35.8. The minimum absolute atomic E-state index is 0.0601. The van der Waals surface area contributed by atoms with Gasteiger partial charge in [-0.25, -0.2) is 0 Å². The number of para-hydroxylation sites is 2. The molecule has 4 aliphatic heterocycles. The van der Waals surface area contributed by atoms with Crippen molar-refractivity contribution in [3.63, 3.8) is 0 Å². The zero-order valence-electron chi connectivity index (χ0n) is 43.7. The van der Waals surface area contributed by atoms with Crippen LogP contribution >= 0.6 is 0 Å². The highest BCUT2D eigenvalue weighted by Crippen LogP contribution is 2.43. The van der Waals surface area contributed by atoms with Crippen molar-refractivity contribution >= 4 is 58.6 Å². The molecule has 0 aliphatic carbocycles. The van der Waals surface area contributed by atoms with Crippen LogP contribution in [0, 0.1) is 5.92 Å². The molecule has 0 fully saturated rings. The summed E-state index contributed by atoms with van der Waals surface area (Å²) in [4.78, 5) is 56.3. The molecule has 2 unspecified atom stereocenters. The first-order valence-corrected chi connectivity index (χ1v) is 25.5. The number of carbonyl (C=O) groups excluding carboxylic acids is 3. The Bertz CT molecular complexity index is 2790. The smallest absolute Gasteiger partial charge is 0.305 e. The van der Waals surface area contributed by atoms with Gasteiger partial charge in [0.05, 0.1) is 74.2 Å². The monoisotopic (exact) mass is 1010 g/mol. The quantitative estimate of drug-likeness (QED) is 0.0610. The zero-order valence-corrected chi connectivity index (χ0v) is 43.7. The van der Waals surface area contributed by atoms with E-state index >= 15 is 0 Å². The molecule has 388 valence electrons. The van der Waals surface area contributed by atoms with Crippen molar-refractivity contribution in [1.29, 1.82) is 0 Å². The van der Waals surface area contributed by atoms with Gasteiger partial charge < -0.3 is 38.1 Å². The molecule has 74 heavy (non-hydrogen) atoms. The number of hydrogen-bond acceptors (Lipinski definition) is 13. The number of carbonyl (C=O) groups is 3. The second kappa shape index (κ2) is 22.5. The van der Waals surface area contributed by atoms with Crippen LogP contribution in [0.25, 0.3) is 0 Å². The van der Waals surface area contributed by atoms with Crippen molar-refractivity contribution in [3.8, 4) is 23.0 Å². The minimum atomic E-state index is -0.482. The third-order valence-corrected chi connectivity index (χ3v) is 14.7. The molecule has 0 radical (unpaired) electrons. The molecule has 2 amide bonds. The number of hydrogen-bond donors (Lipinski definition) is 0. The summed E-state index contributed by atoms with van der Waals surface area (Å²) >= 11 is 0. The summed E-state index contributed by atoms with van der Waals surface area (Å²) in [5.41, 5.74) is 7.87. The van der Waals surface area contributed by atoms with Gasteiger partial charge in [-0.1, -0.05) is 43.3 Å². The lowest BCUT2D eigenvalue weighted by molar-refractivity contribution is -0.140. The lowest BCUT2D eigenvalue weighted by atomic mass is 10.00. The van der Waals surface area contributed by atoms with Crippen LogP contribution in [0.1, 0.15) is 96.3 Å². The van der Waals surface area contributed by atoms with E-state index in [0.717, 1.165) is 45.7 Å². The van der Waals surface area contributed by atoms with Gasteiger partial charge >= 0.3 is 5.97 Å². The van der Waals surface area contributed by atoms with Crippen LogP contribution in [0.5, 0.6) is 23.0 Å². The van der Waals surface area contributed by atoms with Crippen LogP contribution in [0.2, 0.25) is 0 Å². The average molecular weight is 1010 g/mol. The van der Waals surface area contributed by atoms with Crippen LogP contribution in [-0.4, -0.2) is 102 Å². The molecule has 0 N–H and O–H groups in total. The van der Waals surface area contributed by atoms with Crippen LogP contribution < -0.4 is 33.6 Å². The molecule has 9 rings (SSSR count). The fourth-order valence-corrected chi connectivity index (χ4v) is 10.3. The van der Waals surface area contributed by atoms with Crippen LogP contribution in [0.3, 0.4) is 0 Å². The summed E-state index contributed by atoms with van der Waals surface area (Å²) < 4.78 is 42.3. The Balaban J connectivity index is 1.02. The lowest BCUT2D eigenvalue weighted by Gasteiger charge is -2.33. The molecule has 5 aromatic rings. The van der Waals surface area contributed by atoms with Crippen molar-refractivity contribution < 1.29 is 47.5 Å². The molecule has 4 atom stereocenters. The van der Waals surface area contributed by atoms with Crippen molar-refractivity contribution in [1.82, 2.24) is 0 Å². The predicted molar refractivity (Wildman–Crippen MR) is 287 cm³/mol. The number of esters is 1. The maximum absolute atomic E-state index is 14.2. The summed E-state index contributed by atoms with van der Waals surface area (Å²) in [6.45, 7) is 10.4. The van der Waals surface area contributed by atoms with E-state index in [9.17, 15) is 14.4 Å². The van der Waals surface area contributed by atoms with Crippen LogP contribution in [-0.2, 0) is 45.1 Å². The van der Waals surface area contributed by atoms with E-state index in [2.05, 4.69) is 44.7 Å². The van der Waals surface area contributed by atoms with Gasteiger partial charge in [0.1, 0.15) is 13.2 Å². The highest BCUT2D eigenvalue weighted by molar-refractivity contribution is 6.16. The summed E-state index contributed by atoms with van der Waals surface area (Å²) in [6, 6.07) is 28.6. The van der Waals surface area contributed by atoms with E-state index < -0.39 is 5.60 Å². The normalized spacial score (nSPS) is 17.0. The first kappa shape index (κ1) is 51.7. The van der Waals surface area contributed by atoms with Gasteiger partial charge in [-0.3, -0.25) is 34.2 Å². The van der Waals surface area contributed by atoms with Gasteiger partial charge in [-0.15, -0.1) is 0 Å². The highest BCUT2D eigenvalue weighted by Gasteiger charge is 2.38. The number of fused-ring (bicyclic) bond motifs is 8. The third kappa shape index (κ3) is 11.0. The van der Waals surface area contributed by atoms with E-state index in [1.54, 1.807) is 45.6 Å². The van der Waals surface area contributed by atoms with Gasteiger partial charge in [-0.2, -0.15) is 0 Å². The largest absolute Gasteiger partial charge is 0.493 e. The molecule has 0 saturated heterocycles. The Morgan fingerprint density at radius 1 is 0.716 bits per heavy atom. The summed E-state index contributed by atoms with van der Waals surface area (Å²) in [7, 11) is 6.25. The van der Waals surface area contributed by atoms with Gasteiger partial charge in [0, 0.05) is 87.0 Å². The predicted octanol–water partition coefficient (Wildman–Crippen LogP) is 10.4. The van der Waals surface area contributed by atoms with E-state index in [1.165, 1.54) is 7.11 Å². The standard InChI is InChI=1S/C59H67N5O10/c1-9-40(37(2)68-5)36-74-59(3,4)20-22-62(21-14-19-56(65)71-8)43-24-38(34-72-54-30-48-46(28-52(54)69-6)57(66)63-44(32-60-48)26-41-15-10-12-17-50(41)63)23-39(25-43)35-73-55-31-49-47(29-53(55)70-7)58(67)64-45(33-61-49)27-42-16-11-13-18-51(42)64/h10-13,15-18,23-25,28-33,37,40,44-45H,9,14,19-22,26-27,34-36H2,1-8H3/t37?,40?,44-,45-/m0/s1. The second-order valence-corrected chi connectivity index (χ2v) is 19.9. The Kier molecular flexibility index (Phi) is 15.7. The highest BCUT2D eigenvalue weighted by atomic mass is 16.5. The van der Waals surface area contributed by atoms with Crippen molar-refractivity contribution in [2.45, 2.75) is 103 Å². The van der Waals surface area contributed by atoms with Gasteiger partial charge in [-0.05, 0) is 105 Å². The maximum Gasteiger partial charge on any atom is 0.305 e. The molecule has 0 aromatic heterocycles. The molecule has 4 aliphatic rings. The molecule has 0 spiro atoms. The molecule has 15 nitrogen and oxygen atoms in total. The number of ether oxygens (including phenoxy) is 7. The Morgan fingerprint density at radius 2 is 1.24 bits per heavy atom. The fraction of sp³-hybridized carbons (Fsp3) is 0.407. The van der Waals surface area contributed by atoms with E-state index in [1.807, 2.05) is 76.8 Å². The maximum atomic E-state index is 14.2. The van der Waals surface area contributed by atoms with Gasteiger partial charge in [0.2, 0.25) is 0 Å². The summed E-state index contributed by atoms with van der Waals surface area (Å²) in [5.74, 6) is 1.32. The number of anilines is 3. The molecule has 4 heterocycles. The molecule has 0 bridgehead atoms. The molecule has 0 saturated carbocycles. The Labute approximate surface area is 434 Å². The van der Waals surface area contributed by atoms with Gasteiger partial charge in [0.15, 0.2) is 23.0 Å². The molecule has 15 heteroatoms. The first-order valence-electron chi connectivity index (χ1n) is 25.5. The average Bonchev–Trinajstić information content (AvgIpc) is 3.91. The molecular weight excluding hydrogens is 939 g/mol. The SMILES string of the molecule is CCC(COC(C)(C)CCN(CCCC(=O)OC)c1cc(COc2cc3c(cc2OC)C(=O)N2c4ccccc4C[C@H]2C=N3)cc(COc2cc3c(cc2OC)C(=O)N2c4ccccc4C[C@H]2C=N3)c1)C(C)OC. The minimum Gasteiger partial charge on any atom is -0.493 e. The molecule has 5 aromatic carbocycles.